The van der Waals surface area contributed by atoms with Crippen molar-refractivity contribution in [2.24, 2.45) is 0 Å². The predicted molar refractivity (Wildman–Crippen MR) is 93.7 cm³/mol. The van der Waals surface area contributed by atoms with Gasteiger partial charge in [-0.1, -0.05) is 35.5 Å². The Morgan fingerprint density at radius 2 is 1.96 bits per heavy atom. The summed E-state index contributed by atoms with van der Waals surface area (Å²) >= 11 is 0. The van der Waals surface area contributed by atoms with E-state index in [4.69, 9.17) is 10.3 Å². The molecule has 3 rings (SSSR count). The van der Waals surface area contributed by atoms with E-state index in [1.807, 2.05) is 36.4 Å². The molecule has 0 spiro atoms. The Balaban J connectivity index is 1.54. The smallest absolute Gasteiger partial charge is 0.276 e. The van der Waals surface area contributed by atoms with Gasteiger partial charge in [0.2, 0.25) is 0 Å². The Hall–Kier alpha value is -3.22. The highest BCUT2D eigenvalue weighted by molar-refractivity contribution is 5.96. The van der Waals surface area contributed by atoms with Crippen LogP contribution in [0.1, 0.15) is 22.7 Å². The van der Waals surface area contributed by atoms with Gasteiger partial charge in [0.25, 0.3) is 5.91 Å². The Labute approximate surface area is 145 Å². The Morgan fingerprint density at radius 3 is 2.72 bits per heavy atom. The van der Waals surface area contributed by atoms with Gasteiger partial charge in [0.1, 0.15) is 11.5 Å². The van der Waals surface area contributed by atoms with Gasteiger partial charge in [-0.3, -0.25) is 4.79 Å². The second-order valence-electron chi connectivity index (χ2n) is 5.66. The number of hydrogen-bond acceptors (Lipinski definition) is 6. The molecule has 1 aromatic carbocycles. The fourth-order valence-electron chi connectivity index (χ4n) is 2.46. The van der Waals surface area contributed by atoms with E-state index in [-0.39, 0.29) is 17.4 Å². The maximum absolute atomic E-state index is 12.3. The van der Waals surface area contributed by atoms with Gasteiger partial charge < -0.3 is 15.2 Å². The molecule has 1 amide bonds. The summed E-state index contributed by atoms with van der Waals surface area (Å²) in [5.74, 6) is 0.689. The van der Waals surface area contributed by atoms with Crippen molar-refractivity contribution in [1.29, 1.82) is 0 Å². The number of anilines is 1. The highest BCUT2D eigenvalue weighted by Gasteiger charge is 2.16. The van der Waals surface area contributed by atoms with Crippen LogP contribution in [0, 0.1) is 0 Å². The van der Waals surface area contributed by atoms with Crippen LogP contribution in [0.4, 0.5) is 5.82 Å². The lowest BCUT2D eigenvalue weighted by atomic mass is 10.1. The molecule has 2 N–H and O–H groups in total. The molecule has 0 saturated carbocycles. The van der Waals surface area contributed by atoms with Crippen LogP contribution >= 0.6 is 0 Å². The number of aryl methyl sites for hydroxylation is 1. The molecule has 0 unspecified atom stereocenters. The molecule has 128 valence electrons. The molecule has 0 aliphatic heterocycles. The molecule has 0 fully saturated rings. The molecule has 0 aliphatic rings. The lowest BCUT2D eigenvalue weighted by Crippen LogP contribution is -2.29. The number of nitrogens with two attached hydrogens (primary N) is 1. The predicted octanol–water partition coefficient (Wildman–Crippen LogP) is 2.42. The fourth-order valence-corrected chi connectivity index (χ4v) is 2.46. The van der Waals surface area contributed by atoms with Crippen molar-refractivity contribution in [3.8, 4) is 11.3 Å². The second-order valence-corrected chi connectivity index (χ2v) is 5.66. The first-order valence-electron chi connectivity index (χ1n) is 7.98. The van der Waals surface area contributed by atoms with Crippen LogP contribution in [0.3, 0.4) is 0 Å². The first-order chi connectivity index (χ1) is 12.1. The van der Waals surface area contributed by atoms with Crippen LogP contribution in [0.5, 0.6) is 0 Å². The average Bonchev–Trinajstić information content (AvgIpc) is 3.11. The number of rotatable bonds is 6. The van der Waals surface area contributed by atoms with Crippen LogP contribution in [0.2, 0.25) is 0 Å². The van der Waals surface area contributed by atoms with Gasteiger partial charge >= 0.3 is 0 Å². The fraction of sp³-hybridized carbons (Fsp3) is 0.222. The van der Waals surface area contributed by atoms with Gasteiger partial charge in [-0.25, -0.2) is 9.97 Å². The molecule has 3 aromatic rings. The topological polar surface area (TPSA) is 98.1 Å². The maximum atomic E-state index is 12.3. The lowest BCUT2D eigenvalue weighted by Gasteiger charge is -2.16. The van der Waals surface area contributed by atoms with Crippen molar-refractivity contribution in [3.63, 3.8) is 0 Å². The van der Waals surface area contributed by atoms with Crippen molar-refractivity contribution < 1.29 is 9.32 Å². The van der Waals surface area contributed by atoms with E-state index in [2.05, 4.69) is 15.1 Å². The number of aromatic nitrogens is 3. The van der Waals surface area contributed by atoms with Crippen molar-refractivity contribution in [2.75, 3.05) is 19.3 Å². The highest BCUT2D eigenvalue weighted by atomic mass is 16.5. The zero-order valence-corrected chi connectivity index (χ0v) is 13.9. The summed E-state index contributed by atoms with van der Waals surface area (Å²) < 4.78 is 5.37. The molecular weight excluding hydrogens is 318 g/mol. The van der Waals surface area contributed by atoms with Crippen molar-refractivity contribution >= 4 is 11.7 Å². The van der Waals surface area contributed by atoms with Crippen molar-refractivity contribution in [1.82, 2.24) is 20.0 Å². The first kappa shape index (κ1) is 16.6. The summed E-state index contributed by atoms with van der Waals surface area (Å²) in [4.78, 5) is 21.8. The molecule has 7 heteroatoms. The largest absolute Gasteiger partial charge is 0.382 e. The van der Waals surface area contributed by atoms with Crippen LogP contribution < -0.4 is 5.73 Å². The molecular formula is C18H19N5O2. The maximum Gasteiger partial charge on any atom is 0.276 e. The molecule has 0 aliphatic carbocycles. The standard InChI is InChI=1S/C18H19N5O2/c1-23(18(24)16-17(19)21-10-9-20-16)11-5-8-14-12-15(22-25-14)13-6-3-2-4-7-13/h2-4,6-7,9-10,12H,5,8,11H2,1H3,(H2,19,21). The number of carbonyl (C=O) groups excluding carboxylic acids is 1. The molecule has 0 saturated heterocycles. The molecule has 0 bridgehead atoms. The summed E-state index contributed by atoms with van der Waals surface area (Å²) in [5, 5.41) is 4.09. The number of hydrogen-bond donors (Lipinski definition) is 1. The third-order valence-electron chi connectivity index (χ3n) is 3.82. The van der Waals surface area contributed by atoms with Gasteiger partial charge in [-0.05, 0) is 6.42 Å². The van der Waals surface area contributed by atoms with Crippen LogP contribution in [-0.4, -0.2) is 39.5 Å². The monoisotopic (exact) mass is 337 g/mol. The van der Waals surface area contributed by atoms with Gasteiger partial charge in [0.15, 0.2) is 11.5 Å². The van der Waals surface area contributed by atoms with Gasteiger partial charge in [-0.15, -0.1) is 0 Å². The van der Waals surface area contributed by atoms with E-state index in [0.29, 0.717) is 13.0 Å². The third-order valence-corrected chi connectivity index (χ3v) is 3.82. The molecule has 0 atom stereocenters. The zero-order valence-electron chi connectivity index (χ0n) is 13.9. The number of nitrogen functional groups attached to an aromatic ring is 1. The van der Waals surface area contributed by atoms with E-state index >= 15 is 0 Å². The summed E-state index contributed by atoms with van der Waals surface area (Å²) in [5.41, 5.74) is 7.70. The summed E-state index contributed by atoms with van der Waals surface area (Å²) in [6, 6.07) is 11.8. The third kappa shape index (κ3) is 4.00. The molecule has 0 radical (unpaired) electrons. The normalized spacial score (nSPS) is 10.6. The first-order valence-corrected chi connectivity index (χ1v) is 7.98. The molecule has 2 aromatic heterocycles. The number of benzene rings is 1. The Morgan fingerprint density at radius 1 is 1.20 bits per heavy atom. The molecule has 25 heavy (non-hydrogen) atoms. The molecule has 2 heterocycles. The summed E-state index contributed by atoms with van der Waals surface area (Å²) in [6.07, 6.45) is 4.34. The quantitative estimate of drug-likeness (QED) is 0.742. The highest BCUT2D eigenvalue weighted by Crippen LogP contribution is 2.19. The van der Waals surface area contributed by atoms with Crippen molar-refractivity contribution in [2.45, 2.75) is 12.8 Å². The molecule has 7 nitrogen and oxygen atoms in total. The number of carbonyl (C=O) groups is 1. The number of nitrogens with zero attached hydrogens (tertiary/aromatic N) is 4. The second kappa shape index (κ2) is 7.57. The van der Waals surface area contributed by atoms with Gasteiger partial charge in [-0.2, -0.15) is 0 Å². The minimum Gasteiger partial charge on any atom is -0.382 e. The van der Waals surface area contributed by atoms with E-state index in [1.54, 1.807) is 11.9 Å². The Kier molecular flexibility index (Phi) is 5.03. The summed E-state index contributed by atoms with van der Waals surface area (Å²) in [6.45, 7) is 0.552. The summed E-state index contributed by atoms with van der Waals surface area (Å²) in [7, 11) is 1.71. The lowest BCUT2D eigenvalue weighted by molar-refractivity contribution is 0.0788. The van der Waals surface area contributed by atoms with Gasteiger partial charge in [0.05, 0.1) is 0 Å². The van der Waals surface area contributed by atoms with E-state index in [0.717, 1.165) is 23.4 Å². The van der Waals surface area contributed by atoms with Crippen LogP contribution in [0.25, 0.3) is 11.3 Å². The zero-order chi connectivity index (χ0) is 17.6. The minimum atomic E-state index is -0.242. The minimum absolute atomic E-state index is 0.141. The van der Waals surface area contributed by atoms with Gasteiger partial charge in [0, 0.05) is 44.0 Å². The SMILES string of the molecule is CN(CCCc1cc(-c2ccccc2)no1)C(=O)c1nccnc1N. The van der Waals surface area contributed by atoms with E-state index < -0.39 is 0 Å². The van der Waals surface area contributed by atoms with Crippen molar-refractivity contribution in [3.05, 3.63) is 60.2 Å². The van der Waals surface area contributed by atoms with E-state index in [1.165, 1.54) is 12.4 Å². The van der Waals surface area contributed by atoms with Crippen LogP contribution in [0.15, 0.2) is 53.3 Å². The number of amides is 1. The average molecular weight is 337 g/mol. The van der Waals surface area contributed by atoms with E-state index in [9.17, 15) is 4.79 Å². The Bertz CT molecular complexity index is 847. The van der Waals surface area contributed by atoms with Crippen LogP contribution in [-0.2, 0) is 6.42 Å².